The summed E-state index contributed by atoms with van der Waals surface area (Å²) in [4.78, 5) is 13.1. The van der Waals surface area contributed by atoms with Crippen LogP contribution in [0.2, 0.25) is 0 Å². The Morgan fingerprint density at radius 3 is 2.75 bits per heavy atom. The maximum atomic E-state index is 12.0. The number of nitrogens with one attached hydrogen (secondary N) is 2. The highest BCUT2D eigenvalue weighted by molar-refractivity contribution is 7.98. The smallest absolute Gasteiger partial charge is 0.240 e. The first-order chi connectivity index (χ1) is 9.69. The van der Waals surface area contributed by atoms with Crippen LogP contribution in [0, 0.1) is 11.3 Å². The molecule has 1 saturated carbocycles. The zero-order valence-electron chi connectivity index (χ0n) is 11.6. The Morgan fingerprint density at radius 1 is 1.40 bits per heavy atom. The molecule has 1 fully saturated rings. The molecule has 0 aromatic heterocycles. The number of carbonyl (C=O) groups excluding carboxylic acids is 1. The van der Waals surface area contributed by atoms with Crippen molar-refractivity contribution in [2.24, 2.45) is 0 Å². The molecule has 1 aromatic rings. The monoisotopic (exact) mass is 289 g/mol. The molecule has 0 radical (unpaired) electrons. The van der Waals surface area contributed by atoms with Crippen molar-refractivity contribution in [3.63, 3.8) is 0 Å². The van der Waals surface area contributed by atoms with Gasteiger partial charge in [0, 0.05) is 10.6 Å². The van der Waals surface area contributed by atoms with Crippen LogP contribution in [-0.2, 0) is 4.79 Å². The summed E-state index contributed by atoms with van der Waals surface area (Å²) < 4.78 is 0. The number of benzene rings is 1. The van der Waals surface area contributed by atoms with E-state index in [0.29, 0.717) is 0 Å². The lowest BCUT2D eigenvalue weighted by Crippen LogP contribution is -2.47. The number of thioether (sulfide) groups is 1. The number of nitriles is 1. The van der Waals surface area contributed by atoms with E-state index in [9.17, 15) is 10.1 Å². The maximum absolute atomic E-state index is 12.0. The van der Waals surface area contributed by atoms with Crippen LogP contribution >= 0.6 is 11.8 Å². The van der Waals surface area contributed by atoms with Gasteiger partial charge >= 0.3 is 0 Å². The van der Waals surface area contributed by atoms with Gasteiger partial charge in [-0.05, 0) is 44.1 Å². The third-order valence-corrected chi connectivity index (χ3v) is 4.39. The molecule has 0 saturated heterocycles. The molecule has 0 aliphatic heterocycles. The van der Waals surface area contributed by atoms with Gasteiger partial charge in [0.05, 0.1) is 12.6 Å². The van der Waals surface area contributed by atoms with Crippen molar-refractivity contribution in [1.29, 1.82) is 5.26 Å². The van der Waals surface area contributed by atoms with E-state index in [-0.39, 0.29) is 12.5 Å². The number of para-hydroxylation sites is 1. The van der Waals surface area contributed by atoms with Crippen molar-refractivity contribution in [1.82, 2.24) is 5.32 Å². The minimum Gasteiger partial charge on any atom is -0.375 e. The van der Waals surface area contributed by atoms with E-state index >= 15 is 0 Å². The van der Waals surface area contributed by atoms with Crippen LogP contribution in [-0.4, -0.2) is 24.2 Å². The summed E-state index contributed by atoms with van der Waals surface area (Å²) in [5.74, 6) is -0.121. The average Bonchev–Trinajstić information content (AvgIpc) is 2.94. The minimum absolute atomic E-state index is 0.121. The van der Waals surface area contributed by atoms with Crippen molar-refractivity contribution in [2.75, 3.05) is 18.1 Å². The number of nitrogens with zero attached hydrogens (tertiary/aromatic N) is 1. The number of hydrogen-bond acceptors (Lipinski definition) is 4. The molecule has 0 heterocycles. The van der Waals surface area contributed by atoms with E-state index in [4.69, 9.17) is 0 Å². The van der Waals surface area contributed by atoms with Gasteiger partial charge in [0.25, 0.3) is 0 Å². The predicted octanol–water partition coefficient (Wildman–Crippen LogP) is 2.77. The largest absolute Gasteiger partial charge is 0.375 e. The van der Waals surface area contributed by atoms with Gasteiger partial charge in [0.2, 0.25) is 5.91 Å². The van der Waals surface area contributed by atoms with Gasteiger partial charge in [0.15, 0.2) is 0 Å². The van der Waals surface area contributed by atoms with Crippen molar-refractivity contribution in [2.45, 2.75) is 36.1 Å². The molecule has 106 valence electrons. The van der Waals surface area contributed by atoms with Crippen LogP contribution in [0.1, 0.15) is 25.7 Å². The third-order valence-electron chi connectivity index (χ3n) is 3.60. The van der Waals surface area contributed by atoms with Crippen LogP contribution in [0.15, 0.2) is 29.2 Å². The fourth-order valence-corrected chi connectivity index (χ4v) is 3.10. The van der Waals surface area contributed by atoms with Gasteiger partial charge in [-0.2, -0.15) is 5.26 Å². The van der Waals surface area contributed by atoms with Crippen LogP contribution in [0.4, 0.5) is 5.69 Å². The third kappa shape index (κ3) is 3.45. The van der Waals surface area contributed by atoms with Crippen LogP contribution in [0.25, 0.3) is 0 Å². The van der Waals surface area contributed by atoms with Crippen molar-refractivity contribution >= 4 is 23.4 Å². The minimum atomic E-state index is -0.641. The predicted molar refractivity (Wildman–Crippen MR) is 81.7 cm³/mol. The summed E-state index contributed by atoms with van der Waals surface area (Å²) in [5.41, 5.74) is 0.310. The molecule has 1 aliphatic carbocycles. The molecule has 2 rings (SSSR count). The first-order valence-corrected chi connectivity index (χ1v) is 8.01. The van der Waals surface area contributed by atoms with Gasteiger partial charge in [-0.3, -0.25) is 4.79 Å². The van der Waals surface area contributed by atoms with Gasteiger partial charge < -0.3 is 10.6 Å². The molecule has 0 atom stereocenters. The van der Waals surface area contributed by atoms with E-state index in [1.54, 1.807) is 11.8 Å². The molecule has 1 aliphatic rings. The molecule has 20 heavy (non-hydrogen) atoms. The highest BCUT2D eigenvalue weighted by Crippen LogP contribution is 2.29. The maximum Gasteiger partial charge on any atom is 0.240 e. The molecular formula is C15H19N3OS. The second-order valence-electron chi connectivity index (χ2n) is 5.00. The summed E-state index contributed by atoms with van der Waals surface area (Å²) in [6.45, 7) is 0.195. The second-order valence-corrected chi connectivity index (χ2v) is 5.85. The normalized spacial score (nSPS) is 16.4. The first-order valence-electron chi connectivity index (χ1n) is 6.78. The molecule has 5 heteroatoms. The zero-order chi connectivity index (χ0) is 14.4. The van der Waals surface area contributed by atoms with E-state index in [1.165, 1.54) is 0 Å². The van der Waals surface area contributed by atoms with Gasteiger partial charge in [-0.1, -0.05) is 12.1 Å². The Morgan fingerprint density at radius 2 is 2.10 bits per heavy atom. The van der Waals surface area contributed by atoms with Gasteiger partial charge in [-0.15, -0.1) is 11.8 Å². The SMILES string of the molecule is CSc1ccccc1NCC(=O)NC1(C#N)CCCC1. The van der Waals surface area contributed by atoms with Gasteiger partial charge in [-0.25, -0.2) is 0 Å². The molecule has 1 amide bonds. The van der Waals surface area contributed by atoms with Crippen molar-refractivity contribution in [3.05, 3.63) is 24.3 Å². The number of amides is 1. The highest BCUT2D eigenvalue weighted by Gasteiger charge is 2.35. The van der Waals surface area contributed by atoms with E-state index in [1.807, 2.05) is 30.5 Å². The molecule has 0 bridgehead atoms. The Kier molecular flexibility index (Phi) is 4.91. The summed E-state index contributed by atoms with van der Waals surface area (Å²) in [7, 11) is 0. The molecule has 4 nitrogen and oxygen atoms in total. The fourth-order valence-electron chi connectivity index (χ4n) is 2.52. The van der Waals surface area contributed by atoms with E-state index < -0.39 is 5.54 Å². The van der Waals surface area contributed by atoms with Crippen LogP contribution in [0.5, 0.6) is 0 Å². The Balaban J connectivity index is 1.91. The Labute approximate surface area is 123 Å². The zero-order valence-corrected chi connectivity index (χ0v) is 12.4. The number of hydrogen-bond donors (Lipinski definition) is 2. The lowest BCUT2D eigenvalue weighted by atomic mass is 10.00. The second kappa shape index (κ2) is 6.67. The summed E-state index contributed by atoms with van der Waals surface area (Å²) in [6.07, 6.45) is 5.55. The number of carbonyl (C=O) groups is 1. The first kappa shape index (κ1) is 14.7. The Hall–Kier alpha value is -1.67. The lowest BCUT2D eigenvalue weighted by Gasteiger charge is -2.22. The molecule has 2 N–H and O–H groups in total. The van der Waals surface area contributed by atoms with Crippen molar-refractivity contribution < 1.29 is 4.79 Å². The van der Waals surface area contributed by atoms with Crippen LogP contribution in [0.3, 0.4) is 0 Å². The molecule has 0 unspecified atom stereocenters. The quantitative estimate of drug-likeness (QED) is 0.818. The molecular weight excluding hydrogens is 270 g/mol. The molecule has 0 spiro atoms. The average molecular weight is 289 g/mol. The van der Waals surface area contributed by atoms with E-state index in [2.05, 4.69) is 16.7 Å². The number of anilines is 1. The standard InChI is InChI=1S/C15H19N3OS/c1-20-13-7-3-2-6-12(13)17-10-14(19)18-15(11-16)8-4-5-9-15/h2-3,6-7,17H,4-5,8-10H2,1H3,(H,18,19). The lowest BCUT2D eigenvalue weighted by molar-refractivity contribution is -0.120. The number of rotatable bonds is 5. The fraction of sp³-hybridized carbons (Fsp3) is 0.467. The summed E-state index contributed by atoms with van der Waals surface area (Å²) in [5, 5.41) is 15.3. The van der Waals surface area contributed by atoms with Gasteiger partial charge in [0.1, 0.15) is 5.54 Å². The van der Waals surface area contributed by atoms with Crippen molar-refractivity contribution in [3.8, 4) is 6.07 Å². The Bertz CT molecular complexity index is 518. The topological polar surface area (TPSA) is 64.9 Å². The van der Waals surface area contributed by atoms with Crippen LogP contribution < -0.4 is 10.6 Å². The highest BCUT2D eigenvalue weighted by atomic mass is 32.2. The molecule has 1 aromatic carbocycles. The summed E-state index contributed by atoms with van der Waals surface area (Å²) in [6, 6.07) is 10.1. The van der Waals surface area contributed by atoms with E-state index in [0.717, 1.165) is 36.3 Å². The summed E-state index contributed by atoms with van der Waals surface area (Å²) >= 11 is 1.64.